The molecule has 1 aromatic carbocycles. The fraction of sp³-hybridized carbons (Fsp3) is 0.364. The number of carboxylic acids is 1. The highest BCUT2D eigenvalue weighted by atomic mass is 16.5. The third-order valence-electron chi connectivity index (χ3n) is 2.41. The van der Waals surface area contributed by atoms with Gasteiger partial charge in [0.2, 0.25) is 0 Å². The van der Waals surface area contributed by atoms with Gasteiger partial charge in [0.1, 0.15) is 0 Å². The summed E-state index contributed by atoms with van der Waals surface area (Å²) in [5.74, 6) is -0.826. The van der Waals surface area contributed by atoms with Gasteiger partial charge >= 0.3 is 5.97 Å². The molecule has 2 rings (SSSR count). The summed E-state index contributed by atoms with van der Waals surface area (Å²) in [6.07, 6.45) is -0.212. The van der Waals surface area contributed by atoms with Crippen molar-refractivity contribution in [1.82, 2.24) is 0 Å². The largest absolute Gasteiger partial charge is 0.481 e. The summed E-state index contributed by atoms with van der Waals surface area (Å²) >= 11 is 0. The van der Waals surface area contributed by atoms with Crippen LogP contribution in [0.4, 0.5) is 5.69 Å². The molecule has 0 radical (unpaired) electrons. The van der Waals surface area contributed by atoms with E-state index in [-0.39, 0.29) is 12.5 Å². The second kappa shape index (κ2) is 4.31. The minimum atomic E-state index is -0.826. The molecule has 4 heteroatoms. The van der Waals surface area contributed by atoms with E-state index < -0.39 is 5.97 Å². The van der Waals surface area contributed by atoms with Crippen LogP contribution in [0, 0.1) is 0 Å². The SMILES string of the molecule is O=C(O)CC1CNc2ccccc2CO1. The molecule has 0 saturated heterocycles. The van der Waals surface area contributed by atoms with Crippen LogP contribution < -0.4 is 5.32 Å². The Morgan fingerprint density at radius 2 is 2.33 bits per heavy atom. The van der Waals surface area contributed by atoms with E-state index in [2.05, 4.69) is 5.32 Å². The van der Waals surface area contributed by atoms with Crippen LogP contribution >= 0.6 is 0 Å². The Hall–Kier alpha value is -1.55. The Morgan fingerprint density at radius 3 is 3.13 bits per heavy atom. The number of nitrogens with one attached hydrogen (secondary N) is 1. The number of fused-ring (bicyclic) bond motifs is 1. The average Bonchev–Trinajstić information content (AvgIpc) is 2.41. The van der Waals surface area contributed by atoms with E-state index in [0.717, 1.165) is 11.3 Å². The van der Waals surface area contributed by atoms with Gasteiger partial charge in [-0.25, -0.2) is 0 Å². The van der Waals surface area contributed by atoms with Crippen LogP contribution in [-0.4, -0.2) is 23.7 Å². The zero-order valence-corrected chi connectivity index (χ0v) is 8.27. The van der Waals surface area contributed by atoms with Crippen molar-refractivity contribution in [2.24, 2.45) is 0 Å². The number of hydrogen-bond acceptors (Lipinski definition) is 3. The lowest BCUT2D eigenvalue weighted by molar-refractivity contribution is -0.140. The Morgan fingerprint density at radius 1 is 1.53 bits per heavy atom. The second-order valence-electron chi connectivity index (χ2n) is 3.57. The van der Waals surface area contributed by atoms with Crippen molar-refractivity contribution in [2.45, 2.75) is 19.1 Å². The van der Waals surface area contributed by atoms with Crippen LogP contribution in [0.1, 0.15) is 12.0 Å². The maximum atomic E-state index is 10.5. The molecule has 0 amide bonds. The number of benzene rings is 1. The lowest BCUT2D eigenvalue weighted by atomic mass is 10.2. The van der Waals surface area contributed by atoms with Gasteiger partial charge in [0, 0.05) is 17.8 Å². The van der Waals surface area contributed by atoms with E-state index in [1.165, 1.54) is 0 Å². The van der Waals surface area contributed by atoms with Gasteiger partial charge in [-0.3, -0.25) is 4.79 Å². The molecular weight excluding hydrogens is 194 g/mol. The molecule has 15 heavy (non-hydrogen) atoms. The van der Waals surface area contributed by atoms with Crippen molar-refractivity contribution < 1.29 is 14.6 Å². The number of aliphatic carboxylic acids is 1. The van der Waals surface area contributed by atoms with Gasteiger partial charge < -0.3 is 15.2 Å². The van der Waals surface area contributed by atoms with E-state index in [0.29, 0.717) is 13.2 Å². The topological polar surface area (TPSA) is 58.6 Å². The van der Waals surface area contributed by atoms with Gasteiger partial charge in [0.25, 0.3) is 0 Å². The van der Waals surface area contributed by atoms with Crippen molar-refractivity contribution in [3.05, 3.63) is 29.8 Å². The number of carbonyl (C=O) groups is 1. The predicted molar refractivity (Wildman–Crippen MR) is 55.8 cm³/mol. The first kappa shape index (κ1) is 9.98. The first-order valence-corrected chi connectivity index (χ1v) is 4.91. The summed E-state index contributed by atoms with van der Waals surface area (Å²) in [4.78, 5) is 10.5. The van der Waals surface area contributed by atoms with Crippen molar-refractivity contribution in [3.8, 4) is 0 Å². The molecule has 0 aliphatic carbocycles. The molecule has 0 saturated carbocycles. The molecule has 0 aromatic heterocycles. The fourth-order valence-corrected chi connectivity index (χ4v) is 1.63. The van der Waals surface area contributed by atoms with Crippen LogP contribution in [0.15, 0.2) is 24.3 Å². The van der Waals surface area contributed by atoms with E-state index >= 15 is 0 Å². The quantitative estimate of drug-likeness (QED) is 0.771. The molecule has 4 nitrogen and oxygen atoms in total. The monoisotopic (exact) mass is 207 g/mol. The number of ether oxygens (including phenoxy) is 1. The van der Waals surface area contributed by atoms with E-state index in [4.69, 9.17) is 9.84 Å². The molecule has 1 atom stereocenters. The Labute approximate surface area is 87.9 Å². The van der Waals surface area contributed by atoms with Crippen LogP contribution in [0.2, 0.25) is 0 Å². The summed E-state index contributed by atoms with van der Waals surface area (Å²) in [5.41, 5.74) is 2.11. The molecule has 1 aromatic rings. The molecule has 0 spiro atoms. The number of anilines is 1. The molecule has 1 aliphatic heterocycles. The van der Waals surface area contributed by atoms with Gasteiger partial charge in [-0.15, -0.1) is 0 Å². The van der Waals surface area contributed by atoms with Crippen LogP contribution in [0.5, 0.6) is 0 Å². The highest BCUT2D eigenvalue weighted by Gasteiger charge is 2.18. The minimum Gasteiger partial charge on any atom is -0.481 e. The third kappa shape index (κ3) is 2.47. The Bertz CT molecular complexity index is 338. The molecule has 1 aliphatic rings. The Balaban J connectivity index is 2.05. The number of para-hydroxylation sites is 1. The third-order valence-corrected chi connectivity index (χ3v) is 2.41. The van der Waals surface area contributed by atoms with E-state index in [1.54, 1.807) is 0 Å². The summed E-state index contributed by atoms with van der Waals surface area (Å²) < 4.78 is 5.50. The van der Waals surface area contributed by atoms with Crippen molar-refractivity contribution >= 4 is 11.7 Å². The number of rotatable bonds is 2. The predicted octanol–water partition coefficient (Wildman–Crippen LogP) is 1.47. The Kier molecular flexibility index (Phi) is 2.87. The average molecular weight is 207 g/mol. The molecule has 2 N–H and O–H groups in total. The smallest absolute Gasteiger partial charge is 0.306 e. The lowest BCUT2D eigenvalue weighted by Gasteiger charge is -2.11. The zero-order valence-electron chi connectivity index (χ0n) is 8.27. The standard InChI is InChI=1S/C11H13NO3/c13-11(14)5-9-6-12-10-4-2-1-3-8(10)7-15-9/h1-4,9,12H,5-7H2,(H,13,14). The fourth-order valence-electron chi connectivity index (χ4n) is 1.63. The van der Waals surface area contributed by atoms with Crippen molar-refractivity contribution in [2.75, 3.05) is 11.9 Å². The lowest BCUT2D eigenvalue weighted by Crippen LogP contribution is -2.23. The normalized spacial score (nSPS) is 19.9. The van der Waals surface area contributed by atoms with Gasteiger partial charge in [0.05, 0.1) is 19.1 Å². The summed E-state index contributed by atoms with van der Waals surface area (Å²) in [6, 6.07) is 7.85. The summed E-state index contributed by atoms with van der Waals surface area (Å²) in [7, 11) is 0. The van der Waals surface area contributed by atoms with Gasteiger partial charge in [-0.2, -0.15) is 0 Å². The van der Waals surface area contributed by atoms with Crippen molar-refractivity contribution in [3.63, 3.8) is 0 Å². The maximum Gasteiger partial charge on any atom is 0.306 e. The molecule has 80 valence electrons. The molecule has 0 fully saturated rings. The molecule has 1 unspecified atom stereocenters. The van der Waals surface area contributed by atoms with Gasteiger partial charge in [0.15, 0.2) is 0 Å². The zero-order chi connectivity index (χ0) is 10.7. The van der Waals surface area contributed by atoms with Crippen molar-refractivity contribution in [1.29, 1.82) is 0 Å². The van der Waals surface area contributed by atoms with E-state index in [1.807, 2.05) is 24.3 Å². The summed E-state index contributed by atoms with van der Waals surface area (Å²) in [6.45, 7) is 1.02. The highest BCUT2D eigenvalue weighted by molar-refractivity contribution is 5.67. The number of carboxylic acid groups (broad SMARTS) is 1. The maximum absolute atomic E-state index is 10.5. The first-order valence-electron chi connectivity index (χ1n) is 4.91. The molecular formula is C11H13NO3. The first-order chi connectivity index (χ1) is 7.25. The highest BCUT2D eigenvalue weighted by Crippen LogP contribution is 2.20. The van der Waals surface area contributed by atoms with Gasteiger partial charge in [-0.05, 0) is 6.07 Å². The van der Waals surface area contributed by atoms with E-state index in [9.17, 15) is 4.79 Å². The van der Waals surface area contributed by atoms with Crippen LogP contribution in [0.25, 0.3) is 0 Å². The minimum absolute atomic E-state index is 0.0426. The van der Waals surface area contributed by atoms with Crippen LogP contribution in [0.3, 0.4) is 0 Å². The van der Waals surface area contributed by atoms with Crippen LogP contribution in [-0.2, 0) is 16.1 Å². The molecule has 0 bridgehead atoms. The summed E-state index contributed by atoms with van der Waals surface area (Å²) in [5, 5.41) is 11.9. The van der Waals surface area contributed by atoms with Gasteiger partial charge in [-0.1, -0.05) is 18.2 Å². The molecule has 1 heterocycles. The second-order valence-corrected chi connectivity index (χ2v) is 3.57. The number of hydrogen-bond donors (Lipinski definition) is 2.